The Kier molecular flexibility index (Phi) is 6.25. The van der Waals surface area contributed by atoms with E-state index in [1.54, 1.807) is 0 Å². The van der Waals surface area contributed by atoms with E-state index in [2.05, 4.69) is 10.6 Å². The number of carbonyl (C=O) groups excluding carboxylic acids is 1. The molecule has 1 N–H and O–H groups in total. The molecule has 2 saturated heterocycles. The molecule has 5 rings (SSSR count). The lowest BCUT2D eigenvalue weighted by Crippen LogP contribution is -2.54. The molecule has 2 aromatic rings. The zero-order valence-corrected chi connectivity index (χ0v) is 19.9. The van der Waals surface area contributed by atoms with Crippen molar-refractivity contribution in [2.45, 2.75) is 92.9 Å². The molecule has 1 saturated carbocycles. The number of aromatic nitrogens is 2. The molecule has 1 atom stereocenters. The van der Waals surface area contributed by atoms with E-state index in [4.69, 9.17) is 9.72 Å². The molecule has 3 fully saturated rings. The fourth-order valence-electron chi connectivity index (χ4n) is 5.67. The summed E-state index contributed by atoms with van der Waals surface area (Å²) in [5.41, 5.74) is 1.07. The fourth-order valence-corrected chi connectivity index (χ4v) is 6.98. The summed E-state index contributed by atoms with van der Waals surface area (Å²) in [6.45, 7) is 4.22. The average molecular weight is 458 g/mol. The van der Waals surface area contributed by atoms with E-state index in [1.807, 2.05) is 41.8 Å². The zero-order valence-electron chi connectivity index (χ0n) is 19.1. The third kappa shape index (κ3) is 4.70. The summed E-state index contributed by atoms with van der Waals surface area (Å²) in [6, 6.07) is 8.15. The maximum Gasteiger partial charge on any atom is 0.242 e. The number of benzene rings is 1. The summed E-state index contributed by atoms with van der Waals surface area (Å²) < 4.78 is 8.25. The Bertz CT molecular complexity index is 958. The highest BCUT2D eigenvalue weighted by molar-refractivity contribution is 7.99. The highest BCUT2D eigenvalue weighted by atomic mass is 32.2. The molecule has 1 unspecified atom stereocenters. The van der Waals surface area contributed by atoms with Crippen molar-refractivity contribution in [3.63, 3.8) is 0 Å². The zero-order chi connectivity index (χ0) is 22.2. The Hall–Kier alpha value is -1.57. The van der Waals surface area contributed by atoms with Gasteiger partial charge in [0, 0.05) is 24.8 Å². The van der Waals surface area contributed by atoms with Crippen LogP contribution >= 0.6 is 11.8 Å². The molecule has 1 aromatic carbocycles. The first kappa shape index (κ1) is 22.2. The minimum Gasteiger partial charge on any atom is -0.390 e. The molecule has 1 spiro atoms. The lowest BCUT2D eigenvalue weighted by molar-refractivity contribution is -0.175. The van der Waals surface area contributed by atoms with Crippen molar-refractivity contribution in [3.05, 3.63) is 24.3 Å². The molecular formula is C25H35N3O3S. The number of fused-ring (bicyclic) bond motifs is 1. The van der Waals surface area contributed by atoms with Crippen LogP contribution in [0.4, 0.5) is 0 Å². The third-order valence-corrected chi connectivity index (χ3v) is 8.84. The molecule has 0 bridgehead atoms. The highest BCUT2D eigenvalue weighted by Crippen LogP contribution is 2.40. The molecule has 7 heteroatoms. The minimum atomic E-state index is -0.661. The van der Waals surface area contributed by atoms with Crippen molar-refractivity contribution in [1.82, 2.24) is 14.5 Å². The Morgan fingerprint density at radius 1 is 1.19 bits per heavy atom. The first-order valence-corrected chi connectivity index (χ1v) is 13.1. The second kappa shape index (κ2) is 8.99. The Morgan fingerprint density at radius 3 is 2.69 bits per heavy atom. The number of amides is 1. The van der Waals surface area contributed by atoms with E-state index in [0.29, 0.717) is 44.3 Å². The monoisotopic (exact) mass is 457 g/mol. The minimum absolute atomic E-state index is 0.149. The number of hydrogen-bond donors (Lipinski definition) is 1. The molecule has 0 radical (unpaired) electrons. The highest BCUT2D eigenvalue weighted by Gasteiger charge is 2.45. The van der Waals surface area contributed by atoms with Crippen molar-refractivity contribution < 1.29 is 14.6 Å². The van der Waals surface area contributed by atoms with Gasteiger partial charge in [-0.2, -0.15) is 0 Å². The van der Waals surface area contributed by atoms with E-state index < -0.39 is 5.60 Å². The molecule has 1 aliphatic carbocycles. The molecule has 3 aliphatic rings. The Labute approximate surface area is 194 Å². The van der Waals surface area contributed by atoms with Crippen molar-refractivity contribution >= 4 is 28.7 Å². The van der Waals surface area contributed by atoms with Crippen LogP contribution in [0.3, 0.4) is 0 Å². The number of hydrogen-bond acceptors (Lipinski definition) is 5. The van der Waals surface area contributed by atoms with Gasteiger partial charge in [0.1, 0.15) is 6.54 Å². The van der Waals surface area contributed by atoms with Crippen LogP contribution in [-0.2, 0) is 16.1 Å². The number of carbonyl (C=O) groups is 1. The van der Waals surface area contributed by atoms with Gasteiger partial charge < -0.3 is 19.3 Å². The van der Waals surface area contributed by atoms with Gasteiger partial charge in [0.2, 0.25) is 5.91 Å². The first-order chi connectivity index (χ1) is 15.4. The molecule has 6 nitrogen and oxygen atoms in total. The Morgan fingerprint density at radius 2 is 1.94 bits per heavy atom. The summed E-state index contributed by atoms with van der Waals surface area (Å²) in [6.07, 6.45) is 9.33. The van der Waals surface area contributed by atoms with Gasteiger partial charge >= 0.3 is 0 Å². The van der Waals surface area contributed by atoms with Crippen LogP contribution in [0.25, 0.3) is 11.0 Å². The van der Waals surface area contributed by atoms with Gasteiger partial charge in [-0.05, 0) is 51.2 Å². The predicted molar refractivity (Wildman–Crippen MR) is 127 cm³/mol. The van der Waals surface area contributed by atoms with Crippen molar-refractivity contribution in [2.75, 3.05) is 19.7 Å². The van der Waals surface area contributed by atoms with Crippen LogP contribution in [0.1, 0.15) is 64.7 Å². The lowest BCUT2D eigenvalue weighted by atomic mass is 9.78. The van der Waals surface area contributed by atoms with E-state index in [-0.39, 0.29) is 11.5 Å². The number of piperidine rings is 1. The Balaban J connectivity index is 1.29. The van der Waals surface area contributed by atoms with Gasteiger partial charge in [-0.25, -0.2) is 4.98 Å². The predicted octanol–water partition coefficient (Wildman–Crippen LogP) is 4.38. The summed E-state index contributed by atoms with van der Waals surface area (Å²) >= 11 is 1.86. The number of rotatable bonds is 4. The average Bonchev–Trinajstić information content (AvgIpc) is 3.11. The van der Waals surface area contributed by atoms with Crippen LogP contribution in [-0.4, -0.2) is 61.6 Å². The van der Waals surface area contributed by atoms with Gasteiger partial charge in [-0.1, -0.05) is 43.2 Å². The number of para-hydroxylation sites is 2. The number of imidazole rings is 1. The molecule has 2 aliphatic heterocycles. The topological polar surface area (TPSA) is 67.6 Å². The number of likely N-dealkylation sites (tertiary alicyclic amines) is 1. The SMILES string of the molecule is CC1(O)CCOC2(CCN(C(=O)Cn3c(SC4CCCCC4)nc4ccccc43)CC2)C1. The standard InChI is InChI=1S/C25H35N3O3S/c1-24(30)13-16-31-25(18-24)11-14-27(15-12-25)22(29)17-28-21-10-6-5-9-20(21)26-23(28)32-19-7-3-2-4-8-19/h5-6,9-10,19,30H,2-4,7-8,11-18H2,1H3. The molecule has 174 valence electrons. The number of thioether (sulfide) groups is 1. The normalized spacial score (nSPS) is 26.6. The molecule has 1 aromatic heterocycles. The molecule has 32 heavy (non-hydrogen) atoms. The maximum atomic E-state index is 13.3. The summed E-state index contributed by atoms with van der Waals surface area (Å²) in [5.74, 6) is 0.149. The smallest absolute Gasteiger partial charge is 0.242 e. The summed E-state index contributed by atoms with van der Waals surface area (Å²) in [4.78, 5) is 20.2. The third-order valence-electron chi connectivity index (χ3n) is 7.52. The van der Waals surface area contributed by atoms with Gasteiger partial charge in [0.05, 0.1) is 28.8 Å². The van der Waals surface area contributed by atoms with Gasteiger partial charge in [0.25, 0.3) is 0 Å². The quantitative estimate of drug-likeness (QED) is 0.738. The van der Waals surface area contributed by atoms with E-state index in [1.165, 1.54) is 32.1 Å². The fraction of sp³-hybridized carbons (Fsp3) is 0.680. The second-order valence-electron chi connectivity index (χ2n) is 10.2. The van der Waals surface area contributed by atoms with Gasteiger partial charge in [-0.3, -0.25) is 4.79 Å². The van der Waals surface area contributed by atoms with E-state index >= 15 is 0 Å². The van der Waals surface area contributed by atoms with Crippen LogP contribution in [0.2, 0.25) is 0 Å². The molecular weight excluding hydrogens is 422 g/mol. The largest absolute Gasteiger partial charge is 0.390 e. The molecule has 3 heterocycles. The van der Waals surface area contributed by atoms with Crippen LogP contribution < -0.4 is 0 Å². The van der Waals surface area contributed by atoms with Gasteiger partial charge in [0.15, 0.2) is 5.16 Å². The first-order valence-electron chi connectivity index (χ1n) is 12.2. The van der Waals surface area contributed by atoms with Crippen LogP contribution in [0, 0.1) is 0 Å². The van der Waals surface area contributed by atoms with E-state index in [0.717, 1.165) is 29.0 Å². The number of nitrogens with zero attached hydrogens (tertiary/aromatic N) is 3. The number of aliphatic hydroxyl groups is 1. The maximum absolute atomic E-state index is 13.3. The van der Waals surface area contributed by atoms with E-state index in [9.17, 15) is 9.90 Å². The lowest BCUT2D eigenvalue weighted by Gasteiger charge is -2.48. The summed E-state index contributed by atoms with van der Waals surface area (Å²) in [5, 5.41) is 12.1. The van der Waals surface area contributed by atoms with Crippen molar-refractivity contribution in [2.24, 2.45) is 0 Å². The van der Waals surface area contributed by atoms with Gasteiger partial charge in [-0.15, -0.1) is 0 Å². The molecule has 1 amide bonds. The van der Waals surface area contributed by atoms with Crippen LogP contribution in [0.5, 0.6) is 0 Å². The summed E-state index contributed by atoms with van der Waals surface area (Å²) in [7, 11) is 0. The van der Waals surface area contributed by atoms with Crippen molar-refractivity contribution in [1.29, 1.82) is 0 Å². The van der Waals surface area contributed by atoms with Crippen molar-refractivity contribution in [3.8, 4) is 0 Å². The second-order valence-corrected chi connectivity index (χ2v) is 11.5. The van der Waals surface area contributed by atoms with Crippen LogP contribution in [0.15, 0.2) is 29.4 Å². The number of ether oxygens (including phenoxy) is 1.